The highest BCUT2D eigenvalue weighted by molar-refractivity contribution is 5.78. The van der Waals surface area contributed by atoms with E-state index in [9.17, 15) is 4.79 Å². The Labute approximate surface area is 126 Å². The van der Waals surface area contributed by atoms with E-state index in [1.165, 1.54) is 5.56 Å². The van der Waals surface area contributed by atoms with Gasteiger partial charge in [-0.15, -0.1) is 0 Å². The first-order valence-electron chi connectivity index (χ1n) is 7.41. The summed E-state index contributed by atoms with van der Waals surface area (Å²) in [5.74, 6) is 0.932. The Balaban J connectivity index is 1.66. The van der Waals surface area contributed by atoms with Crippen LogP contribution in [0.2, 0.25) is 0 Å². The zero-order valence-corrected chi connectivity index (χ0v) is 12.8. The molecule has 1 heterocycles. The van der Waals surface area contributed by atoms with Crippen LogP contribution in [0, 0.1) is 0 Å². The molecule has 1 aliphatic heterocycles. The SMILES string of the molecule is COc1ccc(CCNC(=O)CN2CCOC(C)C2)cc1. The molecule has 1 amide bonds. The molecule has 1 aromatic rings. The lowest BCUT2D eigenvalue weighted by atomic mass is 10.1. The third-order valence-electron chi connectivity index (χ3n) is 3.59. The van der Waals surface area contributed by atoms with Crippen molar-refractivity contribution in [2.75, 3.05) is 39.9 Å². The fraction of sp³-hybridized carbons (Fsp3) is 0.562. The summed E-state index contributed by atoms with van der Waals surface area (Å²) in [6.45, 7) is 5.51. The monoisotopic (exact) mass is 292 g/mol. The molecule has 21 heavy (non-hydrogen) atoms. The zero-order chi connectivity index (χ0) is 15.1. The molecule has 116 valence electrons. The Morgan fingerprint density at radius 3 is 2.86 bits per heavy atom. The average molecular weight is 292 g/mol. The third kappa shape index (κ3) is 5.36. The van der Waals surface area contributed by atoms with Gasteiger partial charge in [-0.25, -0.2) is 0 Å². The van der Waals surface area contributed by atoms with E-state index in [2.05, 4.69) is 10.2 Å². The number of ether oxygens (including phenoxy) is 2. The lowest BCUT2D eigenvalue weighted by molar-refractivity contribution is -0.124. The number of hydrogen-bond acceptors (Lipinski definition) is 4. The van der Waals surface area contributed by atoms with E-state index in [4.69, 9.17) is 9.47 Å². The molecule has 0 bridgehead atoms. The van der Waals surface area contributed by atoms with Gasteiger partial charge in [-0.2, -0.15) is 0 Å². The van der Waals surface area contributed by atoms with Gasteiger partial charge in [0.25, 0.3) is 0 Å². The van der Waals surface area contributed by atoms with E-state index in [0.29, 0.717) is 19.7 Å². The summed E-state index contributed by atoms with van der Waals surface area (Å²) in [6, 6.07) is 7.92. The summed E-state index contributed by atoms with van der Waals surface area (Å²) in [6.07, 6.45) is 1.04. The summed E-state index contributed by atoms with van der Waals surface area (Å²) < 4.78 is 10.6. The Hall–Kier alpha value is -1.59. The largest absolute Gasteiger partial charge is 0.497 e. The van der Waals surface area contributed by atoms with E-state index < -0.39 is 0 Å². The van der Waals surface area contributed by atoms with E-state index >= 15 is 0 Å². The summed E-state index contributed by atoms with van der Waals surface area (Å²) in [5, 5.41) is 2.97. The zero-order valence-electron chi connectivity index (χ0n) is 12.8. The summed E-state index contributed by atoms with van der Waals surface area (Å²) in [7, 11) is 1.65. The second-order valence-electron chi connectivity index (χ2n) is 5.36. The molecular weight excluding hydrogens is 268 g/mol. The maximum atomic E-state index is 11.9. The van der Waals surface area contributed by atoms with Gasteiger partial charge in [-0.05, 0) is 31.0 Å². The van der Waals surface area contributed by atoms with E-state index in [-0.39, 0.29) is 12.0 Å². The maximum Gasteiger partial charge on any atom is 0.234 e. The van der Waals surface area contributed by atoms with Gasteiger partial charge in [0.15, 0.2) is 0 Å². The van der Waals surface area contributed by atoms with Gasteiger partial charge in [-0.1, -0.05) is 12.1 Å². The Morgan fingerprint density at radius 1 is 1.43 bits per heavy atom. The smallest absolute Gasteiger partial charge is 0.234 e. The number of nitrogens with zero attached hydrogens (tertiary/aromatic N) is 1. The Morgan fingerprint density at radius 2 is 2.19 bits per heavy atom. The van der Waals surface area contributed by atoms with Gasteiger partial charge in [0, 0.05) is 19.6 Å². The lowest BCUT2D eigenvalue weighted by Crippen LogP contribution is -2.46. The van der Waals surface area contributed by atoms with Crippen LogP contribution in [0.5, 0.6) is 5.75 Å². The highest BCUT2D eigenvalue weighted by Crippen LogP contribution is 2.11. The van der Waals surface area contributed by atoms with Crippen LogP contribution in [0.15, 0.2) is 24.3 Å². The standard InChI is InChI=1S/C16H24N2O3/c1-13-11-18(9-10-21-13)12-16(19)17-8-7-14-3-5-15(20-2)6-4-14/h3-6,13H,7-12H2,1-2H3,(H,17,19). The number of carbonyl (C=O) groups excluding carboxylic acids is 1. The molecule has 1 fully saturated rings. The van der Waals surface area contributed by atoms with Crippen molar-refractivity contribution in [1.82, 2.24) is 10.2 Å². The number of morpholine rings is 1. The number of rotatable bonds is 6. The molecule has 1 saturated heterocycles. The Kier molecular flexibility index (Phi) is 6.02. The van der Waals surface area contributed by atoms with Gasteiger partial charge in [-0.3, -0.25) is 9.69 Å². The molecule has 0 spiro atoms. The van der Waals surface area contributed by atoms with Crippen molar-refractivity contribution in [2.24, 2.45) is 0 Å². The van der Waals surface area contributed by atoms with Crippen LogP contribution in [0.25, 0.3) is 0 Å². The molecule has 5 heteroatoms. The number of methoxy groups -OCH3 is 1. The van der Waals surface area contributed by atoms with Crippen molar-refractivity contribution < 1.29 is 14.3 Å². The van der Waals surface area contributed by atoms with Crippen molar-refractivity contribution in [3.63, 3.8) is 0 Å². The summed E-state index contributed by atoms with van der Waals surface area (Å²) >= 11 is 0. The summed E-state index contributed by atoms with van der Waals surface area (Å²) in [5.41, 5.74) is 1.19. The van der Waals surface area contributed by atoms with Gasteiger partial charge < -0.3 is 14.8 Å². The first-order chi connectivity index (χ1) is 10.2. The second-order valence-corrected chi connectivity index (χ2v) is 5.36. The normalized spacial score (nSPS) is 19.2. The minimum Gasteiger partial charge on any atom is -0.497 e. The third-order valence-corrected chi connectivity index (χ3v) is 3.59. The fourth-order valence-electron chi connectivity index (χ4n) is 2.43. The highest BCUT2D eigenvalue weighted by Gasteiger charge is 2.18. The van der Waals surface area contributed by atoms with Crippen LogP contribution in [0.1, 0.15) is 12.5 Å². The van der Waals surface area contributed by atoms with E-state index in [0.717, 1.165) is 25.3 Å². The average Bonchev–Trinajstić information content (AvgIpc) is 2.48. The van der Waals surface area contributed by atoms with Crippen molar-refractivity contribution in [1.29, 1.82) is 0 Å². The predicted molar refractivity (Wildman–Crippen MR) is 81.6 cm³/mol. The molecule has 1 N–H and O–H groups in total. The van der Waals surface area contributed by atoms with Gasteiger partial charge in [0.1, 0.15) is 5.75 Å². The van der Waals surface area contributed by atoms with Crippen LogP contribution in [-0.2, 0) is 16.0 Å². The maximum absolute atomic E-state index is 11.9. The lowest BCUT2D eigenvalue weighted by Gasteiger charge is -2.30. The van der Waals surface area contributed by atoms with Crippen molar-refractivity contribution in [3.8, 4) is 5.75 Å². The number of carbonyl (C=O) groups is 1. The number of amides is 1. The topological polar surface area (TPSA) is 50.8 Å². The minimum absolute atomic E-state index is 0.0811. The second kappa shape index (κ2) is 8.00. The van der Waals surface area contributed by atoms with Crippen LogP contribution >= 0.6 is 0 Å². The molecule has 1 aliphatic rings. The van der Waals surface area contributed by atoms with Crippen molar-refractivity contribution in [2.45, 2.75) is 19.4 Å². The molecule has 2 rings (SSSR count). The van der Waals surface area contributed by atoms with Crippen LogP contribution in [-0.4, -0.2) is 56.8 Å². The fourth-order valence-corrected chi connectivity index (χ4v) is 2.43. The van der Waals surface area contributed by atoms with Crippen LogP contribution in [0.3, 0.4) is 0 Å². The Bertz CT molecular complexity index is 447. The summed E-state index contributed by atoms with van der Waals surface area (Å²) in [4.78, 5) is 14.0. The van der Waals surface area contributed by atoms with E-state index in [1.807, 2.05) is 31.2 Å². The molecule has 0 radical (unpaired) electrons. The number of benzene rings is 1. The molecular formula is C16H24N2O3. The number of nitrogens with one attached hydrogen (secondary N) is 1. The first-order valence-corrected chi connectivity index (χ1v) is 7.41. The molecule has 5 nitrogen and oxygen atoms in total. The molecule has 0 aromatic heterocycles. The highest BCUT2D eigenvalue weighted by atomic mass is 16.5. The minimum atomic E-state index is 0.0811. The predicted octanol–water partition coefficient (Wildman–Crippen LogP) is 1.07. The number of hydrogen-bond donors (Lipinski definition) is 1. The van der Waals surface area contributed by atoms with Gasteiger partial charge >= 0.3 is 0 Å². The van der Waals surface area contributed by atoms with E-state index in [1.54, 1.807) is 7.11 Å². The van der Waals surface area contributed by atoms with Crippen LogP contribution in [0.4, 0.5) is 0 Å². The first kappa shape index (κ1) is 15.8. The van der Waals surface area contributed by atoms with Crippen LogP contribution < -0.4 is 10.1 Å². The molecule has 1 unspecified atom stereocenters. The molecule has 1 aromatic carbocycles. The van der Waals surface area contributed by atoms with Gasteiger partial charge in [0.05, 0.1) is 26.4 Å². The van der Waals surface area contributed by atoms with Gasteiger partial charge in [0.2, 0.25) is 5.91 Å². The quantitative estimate of drug-likeness (QED) is 0.852. The molecule has 0 aliphatic carbocycles. The van der Waals surface area contributed by atoms with Crippen molar-refractivity contribution in [3.05, 3.63) is 29.8 Å². The van der Waals surface area contributed by atoms with Crippen molar-refractivity contribution >= 4 is 5.91 Å². The molecule has 1 atom stereocenters. The molecule has 0 saturated carbocycles.